The van der Waals surface area contributed by atoms with Gasteiger partial charge >= 0.3 is 0 Å². The van der Waals surface area contributed by atoms with Crippen LogP contribution in [-0.2, 0) is 12.0 Å². The highest BCUT2D eigenvalue weighted by atomic mass is 32.1. The highest BCUT2D eigenvalue weighted by molar-refractivity contribution is 7.09. The molecule has 0 spiro atoms. The Kier molecular flexibility index (Phi) is 2.91. The van der Waals surface area contributed by atoms with E-state index in [1.165, 1.54) is 0 Å². The summed E-state index contributed by atoms with van der Waals surface area (Å²) in [4.78, 5) is 8.83. The zero-order valence-corrected chi connectivity index (χ0v) is 11.2. The van der Waals surface area contributed by atoms with Crippen molar-refractivity contribution in [3.05, 3.63) is 27.8 Å². The van der Waals surface area contributed by atoms with Gasteiger partial charge in [0.1, 0.15) is 5.01 Å². The molecule has 0 saturated heterocycles. The molecule has 0 radical (unpaired) electrons. The van der Waals surface area contributed by atoms with E-state index in [1.54, 1.807) is 11.3 Å². The molecule has 0 unspecified atom stereocenters. The van der Waals surface area contributed by atoms with Crippen LogP contribution in [0.2, 0.25) is 0 Å². The first-order valence-corrected chi connectivity index (χ1v) is 7.07. The van der Waals surface area contributed by atoms with E-state index in [0.29, 0.717) is 18.1 Å². The second-order valence-electron chi connectivity index (χ2n) is 4.94. The lowest BCUT2D eigenvalue weighted by atomic mass is 9.99. The summed E-state index contributed by atoms with van der Waals surface area (Å²) >= 11 is 1.62. The molecule has 2 heterocycles. The Bertz CT molecular complexity index is 542. The van der Waals surface area contributed by atoms with Gasteiger partial charge in [-0.1, -0.05) is 18.0 Å². The van der Waals surface area contributed by atoms with E-state index >= 15 is 0 Å². The van der Waals surface area contributed by atoms with E-state index in [2.05, 4.69) is 15.1 Å². The van der Waals surface area contributed by atoms with Crippen molar-refractivity contribution >= 4 is 11.3 Å². The fourth-order valence-corrected chi connectivity index (χ4v) is 3.14. The molecule has 18 heavy (non-hydrogen) atoms. The molecule has 0 amide bonds. The highest BCUT2D eigenvalue weighted by Gasteiger charge is 2.36. The smallest absolute Gasteiger partial charge is 0.246 e. The van der Waals surface area contributed by atoms with Gasteiger partial charge in [-0.05, 0) is 19.8 Å². The minimum atomic E-state index is -0.399. The number of hydrogen-bond acceptors (Lipinski definition) is 6. The average Bonchev–Trinajstić information content (AvgIpc) is 3.02. The number of aryl methyl sites for hydroxylation is 1. The number of thiazole rings is 1. The van der Waals surface area contributed by atoms with Crippen molar-refractivity contribution in [1.29, 1.82) is 0 Å². The van der Waals surface area contributed by atoms with Gasteiger partial charge in [-0.25, -0.2) is 4.98 Å². The van der Waals surface area contributed by atoms with Crippen molar-refractivity contribution in [2.45, 2.75) is 44.6 Å². The minimum absolute atomic E-state index is 0.399. The maximum absolute atomic E-state index is 6.28. The second-order valence-corrected chi connectivity index (χ2v) is 5.88. The molecule has 2 N–H and O–H groups in total. The fraction of sp³-hybridized carbons (Fsp3) is 0.583. The van der Waals surface area contributed by atoms with E-state index in [4.69, 9.17) is 10.3 Å². The average molecular weight is 264 g/mol. The van der Waals surface area contributed by atoms with E-state index < -0.39 is 5.54 Å². The summed E-state index contributed by atoms with van der Waals surface area (Å²) in [7, 11) is 0. The summed E-state index contributed by atoms with van der Waals surface area (Å²) in [6.07, 6.45) is 4.77. The van der Waals surface area contributed by atoms with Crippen LogP contribution in [0.15, 0.2) is 9.90 Å². The molecule has 1 fully saturated rings. The first kappa shape index (κ1) is 11.8. The van der Waals surface area contributed by atoms with Gasteiger partial charge < -0.3 is 10.3 Å². The van der Waals surface area contributed by atoms with Gasteiger partial charge in [-0.15, -0.1) is 11.3 Å². The summed E-state index contributed by atoms with van der Waals surface area (Å²) < 4.78 is 5.32. The van der Waals surface area contributed by atoms with Crippen LogP contribution in [0.3, 0.4) is 0 Å². The van der Waals surface area contributed by atoms with E-state index in [-0.39, 0.29) is 0 Å². The lowest BCUT2D eigenvalue weighted by molar-refractivity contribution is 0.284. The van der Waals surface area contributed by atoms with E-state index in [1.807, 2.05) is 12.3 Å². The van der Waals surface area contributed by atoms with Gasteiger partial charge in [0.05, 0.1) is 12.0 Å². The van der Waals surface area contributed by atoms with Crippen molar-refractivity contribution < 1.29 is 4.52 Å². The summed E-state index contributed by atoms with van der Waals surface area (Å²) in [5.74, 6) is 1.26. The normalized spacial score (nSPS) is 18.3. The third kappa shape index (κ3) is 2.18. The Hall–Kier alpha value is -1.27. The number of nitrogens with two attached hydrogens (primary N) is 1. The minimum Gasteiger partial charge on any atom is -0.337 e. The van der Waals surface area contributed by atoms with Crippen LogP contribution in [0.5, 0.6) is 0 Å². The van der Waals surface area contributed by atoms with Crippen LogP contribution >= 0.6 is 11.3 Å². The molecule has 0 aromatic carbocycles. The molecule has 6 heteroatoms. The molecule has 96 valence electrons. The zero-order chi connectivity index (χ0) is 12.6. The molecule has 0 aliphatic heterocycles. The van der Waals surface area contributed by atoms with Gasteiger partial charge in [0.2, 0.25) is 5.89 Å². The van der Waals surface area contributed by atoms with Crippen LogP contribution in [0.25, 0.3) is 0 Å². The topological polar surface area (TPSA) is 77.8 Å². The highest BCUT2D eigenvalue weighted by Crippen LogP contribution is 2.35. The predicted octanol–water partition coefficient (Wildman–Crippen LogP) is 2.15. The van der Waals surface area contributed by atoms with Gasteiger partial charge in [0.15, 0.2) is 5.82 Å². The van der Waals surface area contributed by atoms with Crippen molar-refractivity contribution in [1.82, 2.24) is 15.1 Å². The first-order chi connectivity index (χ1) is 8.66. The second kappa shape index (κ2) is 4.44. The number of hydrogen-bond donors (Lipinski definition) is 1. The number of rotatable bonds is 3. The largest absolute Gasteiger partial charge is 0.337 e. The lowest BCUT2D eigenvalue weighted by Crippen LogP contribution is -2.33. The SMILES string of the molecule is Cc1csc(Cc2noc(C3(N)CCCC3)n2)n1. The van der Waals surface area contributed by atoms with Crippen molar-refractivity contribution in [3.63, 3.8) is 0 Å². The first-order valence-electron chi connectivity index (χ1n) is 6.19. The Morgan fingerprint density at radius 3 is 2.83 bits per heavy atom. The van der Waals surface area contributed by atoms with Gasteiger partial charge in [0, 0.05) is 11.1 Å². The molecule has 0 bridgehead atoms. The quantitative estimate of drug-likeness (QED) is 0.919. The van der Waals surface area contributed by atoms with E-state index in [0.717, 1.165) is 36.4 Å². The summed E-state index contributed by atoms with van der Waals surface area (Å²) in [5, 5.41) is 7.05. The summed E-state index contributed by atoms with van der Waals surface area (Å²) in [6, 6.07) is 0. The van der Waals surface area contributed by atoms with Gasteiger partial charge in [0.25, 0.3) is 0 Å². The molecule has 2 aromatic heterocycles. The lowest BCUT2D eigenvalue weighted by Gasteiger charge is -2.17. The summed E-state index contributed by atoms with van der Waals surface area (Å²) in [6.45, 7) is 1.98. The Morgan fingerprint density at radius 1 is 1.39 bits per heavy atom. The molecule has 1 aliphatic rings. The molecule has 5 nitrogen and oxygen atoms in total. The van der Waals surface area contributed by atoms with Crippen LogP contribution in [0.1, 0.15) is 48.1 Å². The third-order valence-corrected chi connectivity index (χ3v) is 4.33. The molecular weight excluding hydrogens is 248 g/mol. The summed E-state index contributed by atoms with van der Waals surface area (Å²) in [5.41, 5.74) is 6.92. The van der Waals surface area contributed by atoms with E-state index in [9.17, 15) is 0 Å². The Balaban J connectivity index is 1.77. The molecule has 3 rings (SSSR count). The third-order valence-electron chi connectivity index (χ3n) is 3.37. The van der Waals surface area contributed by atoms with Crippen LogP contribution in [0.4, 0.5) is 0 Å². The van der Waals surface area contributed by atoms with Crippen molar-refractivity contribution in [2.75, 3.05) is 0 Å². The predicted molar refractivity (Wildman–Crippen MR) is 68.3 cm³/mol. The zero-order valence-electron chi connectivity index (χ0n) is 10.3. The number of aromatic nitrogens is 3. The fourth-order valence-electron chi connectivity index (χ4n) is 2.37. The molecule has 2 aromatic rings. The Morgan fingerprint density at radius 2 is 2.17 bits per heavy atom. The van der Waals surface area contributed by atoms with Crippen LogP contribution in [0, 0.1) is 6.92 Å². The number of nitrogens with zero attached hydrogens (tertiary/aromatic N) is 3. The Labute approximate surface area is 109 Å². The monoisotopic (exact) mass is 264 g/mol. The molecule has 0 atom stereocenters. The molecule has 1 aliphatic carbocycles. The molecule has 1 saturated carbocycles. The van der Waals surface area contributed by atoms with Gasteiger partial charge in [-0.3, -0.25) is 0 Å². The molecular formula is C12H16N4OS. The standard InChI is InChI=1S/C12H16N4OS/c1-8-7-18-10(14-8)6-9-15-11(17-16-9)12(13)4-2-3-5-12/h7H,2-6,13H2,1H3. The maximum Gasteiger partial charge on any atom is 0.246 e. The van der Waals surface area contributed by atoms with Crippen LogP contribution in [-0.4, -0.2) is 15.1 Å². The van der Waals surface area contributed by atoms with Gasteiger partial charge in [-0.2, -0.15) is 4.98 Å². The van der Waals surface area contributed by atoms with Crippen molar-refractivity contribution in [2.24, 2.45) is 5.73 Å². The maximum atomic E-state index is 6.28. The van der Waals surface area contributed by atoms with Crippen LogP contribution < -0.4 is 5.73 Å². The van der Waals surface area contributed by atoms with Crippen molar-refractivity contribution in [3.8, 4) is 0 Å².